The molecule has 0 spiro atoms. The molecule has 2 aromatic heterocycles. The quantitative estimate of drug-likeness (QED) is 0.773. The van der Waals surface area contributed by atoms with Gasteiger partial charge in [-0.25, -0.2) is 4.68 Å². The highest BCUT2D eigenvalue weighted by molar-refractivity contribution is 5.94. The zero-order valence-corrected chi connectivity index (χ0v) is 17.1. The normalized spacial score (nSPS) is 23.3. The van der Waals surface area contributed by atoms with Crippen molar-refractivity contribution < 1.29 is 14.6 Å². The predicted molar refractivity (Wildman–Crippen MR) is 105 cm³/mol. The first-order chi connectivity index (χ1) is 13.8. The lowest BCUT2D eigenvalue weighted by Gasteiger charge is -2.29. The van der Waals surface area contributed by atoms with Crippen LogP contribution in [0.25, 0.3) is 5.82 Å². The van der Waals surface area contributed by atoms with Crippen LogP contribution >= 0.6 is 0 Å². The first-order valence-electron chi connectivity index (χ1n) is 10.4. The van der Waals surface area contributed by atoms with E-state index in [0.717, 1.165) is 36.9 Å². The molecular weight excluding hydrogens is 370 g/mol. The second kappa shape index (κ2) is 6.52. The fraction of sp³-hybridized carbons (Fsp3) is 0.619. The molecule has 0 saturated heterocycles. The van der Waals surface area contributed by atoms with E-state index in [1.165, 1.54) is 0 Å². The minimum atomic E-state index is -0.346. The molecule has 5 rings (SSSR count). The second-order valence-corrected chi connectivity index (χ2v) is 9.54. The van der Waals surface area contributed by atoms with Gasteiger partial charge in [0.15, 0.2) is 11.5 Å². The molecule has 8 nitrogen and oxygen atoms in total. The Balaban J connectivity index is 1.48. The first kappa shape index (κ1) is 18.5. The van der Waals surface area contributed by atoms with Crippen LogP contribution in [0.4, 0.5) is 0 Å². The van der Waals surface area contributed by atoms with Gasteiger partial charge in [-0.2, -0.15) is 10.1 Å². The van der Waals surface area contributed by atoms with Crippen molar-refractivity contribution in [3.63, 3.8) is 0 Å². The summed E-state index contributed by atoms with van der Waals surface area (Å²) in [4.78, 5) is 21.9. The SMILES string of the molecule is CC(C)(C)C(CO)NC(=O)c1nn(-c2cncc(OC3CC3)n2)c2c1C[C@@H]1C[C@H]21. The smallest absolute Gasteiger partial charge is 0.272 e. The van der Waals surface area contributed by atoms with E-state index in [0.29, 0.717) is 29.2 Å². The van der Waals surface area contributed by atoms with E-state index in [1.54, 1.807) is 17.1 Å². The average Bonchev–Trinajstić information content (AvgIpc) is 3.57. The monoisotopic (exact) mass is 397 g/mol. The number of aromatic nitrogens is 4. The number of hydrogen-bond acceptors (Lipinski definition) is 6. The summed E-state index contributed by atoms with van der Waals surface area (Å²) in [6.07, 6.45) is 7.63. The van der Waals surface area contributed by atoms with Crippen molar-refractivity contribution in [1.82, 2.24) is 25.1 Å². The molecule has 0 aliphatic heterocycles. The molecule has 1 unspecified atom stereocenters. The van der Waals surface area contributed by atoms with Crippen LogP contribution in [0.1, 0.15) is 67.7 Å². The van der Waals surface area contributed by atoms with Crippen LogP contribution in [-0.4, -0.2) is 49.5 Å². The van der Waals surface area contributed by atoms with Crippen LogP contribution < -0.4 is 10.1 Å². The van der Waals surface area contributed by atoms with Crippen LogP contribution in [0.5, 0.6) is 5.88 Å². The van der Waals surface area contributed by atoms with E-state index in [-0.39, 0.29) is 30.1 Å². The summed E-state index contributed by atoms with van der Waals surface area (Å²) in [5.74, 6) is 1.87. The van der Waals surface area contributed by atoms with Crippen molar-refractivity contribution in [3.05, 3.63) is 29.3 Å². The Morgan fingerprint density at radius 3 is 2.86 bits per heavy atom. The van der Waals surface area contributed by atoms with Gasteiger partial charge < -0.3 is 15.2 Å². The summed E-state index contributed by atoms with van der Waals surface area (Å²) in [5.41, 5.74) is 2.27. The van der Waals surface area contributed by atoms with Crippen molar-refractivity contribution >= 4 is 5.91 Å². The van der Waals surface area contributed by atoms with Crippen molar-refractivity contribution in [2.75, 3.05) is 6.61 Å². The fourth-order valence-corrected chi connectivity index (χ4v) is 4.09. The third kappa shape index (κ3) is 3.39. The molecule has 3 atom stereocenters. The molecule has 2 saturated carbocycles. The van der Waals surface area contributed by atoms with Gasteiger partial charge in [-0.05, 0) is 37.0 Å². The summed E-state index contributed by atoms with van der Waals surface area (Å²) in [5, 5.41) is 17.3. The van der Waals surface area contributed by atoms with Gasteiger partial charge in [-0.15, -0.1) is 0 Å². The zero-order valence-electron chi connectivity index (χ0n) is 17.1. The number of amides is 1. The van der Waals surface area contributed by atoms with E-state index < -0.39 is 0 Å². The van der Waals surface area contributed by atoms with E-state index in [9.17, 15) is 9.90 Å². The Morgan fingerprint density at radius 2 is 2.17 bits per heavy atom. The number of aliphatic hydroxyl groups excluding tert-OH is 1. The number of carbonyl (C=O) groups is 1. The van der Waals surface area contributed by atoms with E-state index in [1.807, 2.05) is 20.8 Å². The van der Waals surface area contributed by atoms with Gasteiger partial charge in [0, 0.05) is 11.5 Å². The summed E-state index contributed by atoms with van der Waals surface area (Å²) < 4.78 is 7.56. The molecular formula is C21H27N5O3. The molecule has 2 heterocycles. The number of nitrogens with one attached hydrogen (secondary N) is 1. The van der Waals surface area contributed by atoms with Crippen molar-refractivity contribution in [2.24, 2.45) is 11.3 Å². The molecule has 2 fully saturated rings. The molecule has 0 bridgehead atoms. The van der Waals surface area contributed by atoms with Gasteiger partial charge in [0.2, 0.25) is 5.88 Å². The molecule has 154 valence electrons. The Labute approximate surface area is 169 Å². The maximum absolute atomic E-state index is 13.0. The van der Waals surface area contributed by atoms with Crippen LogP contribution in [0.3, 0.4) is 0 Å². The van der Waals surface area contributed by atoms with Crippen molar-refractivity contribution in [1.29, 1.82) is 0 Å². The van der Waals surface area contributed by atoms with Crippen LogP contribution in [-0.2, 0) is 6.42 Å². The molecule has 2 aromatic rings. The number of rotatable bonds is 6. The van der Waals surface area contributed by atoms with Crippen LogP contribution in [0, 0.1) is 11.3 Å². The van der Waals surface area contributed by atoms with E-state index in [4.69, 9.17) is 4.74 Å². The van der Waals surface area contributed by atoms with E-state index >= 15 is 0 Å². The lowest BCUT2D eigenvalue weighted by Crippen LogP contribution is -2.46. The fourth-order valence-electron chi connectivity index (χ4n) is 4.09. The third-order valence-corrected chi connectivity index (χ3v) is 6.14. The summed E-state index contributed by atoms with van der Waals surface area (Å²) >= 11 is 0. The number of hydrogen-bond donors (Lipinski definition) is 2. The Bertz CT molecular complexity index is 960. The topological polar surface area (TPSA) is 102 Å². The second-order valence-electron chi connectivity index (χ2n) is 9.54. The molecule has 8 heteroatoms. The largest absolute Gasteiger partial charge is 0.473 e. The number of nitrogens with zero attached hydrogens (tertiary/aromatic N) is 4. The van der Waals surface area contributed by atoms with Crippen LogP contribution in [0.15, 0.2) is 12.4 Å². The van der Waals surface area contributed by atoms with Crippen LogP contribution in [0.2, 0.25) is 0 Å². The lowest BCUT2D eigenvalue weighted by molar-refractivity contribution is 0.0841. The molecule has 29 heavy (non-hydrogen) atoms. The van der Waals surface area contributed by atoms with Gasteiger partial charge >= 0.3 is 0 Å². The number of ether oxygens (including phenoxy) is 1. The van der Waals surface area contributed by atoms with E-state index in [2.05, 4.69) is 20.4 Å². The summed E-state index contributed by atoms with van der Waals surface area (Å²) in [7, 11) is 0. The predicted octanol–water partition coefficient (Wildman–Crippen LogP) is 2.00. The van der Waals surface area contributed by atoms with Gasteiger partial charge in [-0.3, -0.25) is 9.78 Å². The summed E-state index contributed by atoms with van der Waals surface area (Å²) in [6.45, 7) is 5.86. The molecule has 3 aliphatic carbocycles. The lowest BCUT2D eigenvalue weighted by atomic mass is 9.87. The maximum Gasteiger partial charge on any atom is 0.272 e. The minimum absolute atomic E-state index is 0.116. The van der Waals surface area contributed by atoms with Crippen molar-refractivity contribution in [3.8, 4) is 11.7 Å². The highest BCUT2D eigenvalue weighted by Crippen LogP contribution is 2.57. The molecule has 3 aliphatic rings. The van der Waals surface area contributed by atoms with Gasteiger partial charge in [0.1, 0.15) is 6.10 Å². The third-order valence-electron chi connectivity index (χ3n) is 6.14. The van der Waals surface area contributed by atoms with Gasteiger partial charge in [0.05, 0.1) is 30.7 Å². The highest BCUT2D eigenvalue weighted by atomic mass is 16.5. The van der Waals surface area contributed by atoms with Crippen molar-refractivity contribution in [2.45, 2.75) is 64.5 Å². The molecule has 2 N–H and O–H groups in total. The van der Waals surface area contributed by atoms with Gasteiger partial charge in [0.25, 0.3) is 5.91 Å². The Hall–Kier alpha value is -2.48. The standard InChI is InChI=1S/C21H27N5O3/c1-21(2,3)15(10-27)23-20(28)18-14-7-11-6-13(11)19(14)26(25-18)16-8-22-9-17(24-16)29-12-4-5-12/h8-9,11-13,15,27H,4-7,10H2,1-3H3,(H,23,28)/t11-,13-,15?/m0/s1. The van der Waals surface area contributed by atoms with Gasteiger partial charge in [-0.1, -0.05) is 20.8 Å². The number of carbonyl (C=O) groups excluding carboxylic acids is 1. The maximum atomic E-state index is 13.0. The Kier molecular flexibility index (Phi) is 4.17. The highest BCUT2D eigenvalue weighted by Gasteiger charge is 2.50. The summed E-state index contributed by atoms with van der Waals surface area (Å²) in [6, 6.07) is -0.346. The molecule has 0 radical (unpaired) electrons. The Morgan fingerprint density at radius 1 is 1.38 bits per heavy atom. The number of fused-ring (bicyclic) bond motifs is 3. The average molecular weight is 397 g/mol. The minimum Gasteiger partial charge on any atom is -0.473 e. The first-order valence-corrected chi connectivity index (χ1v) is 10.4. The molecule has 0 aromatic carbocycles. The number of aliphatic hydroxyl groups is 1. The zero-order chi connectivity index (χ0) is 20.3. The molecule has 1 amide bonds.